The number of H-pyrrole nitrogens is 1. The maximum atomic E-state index is 12.6. The molecular weight excluding hydrogens is 260 g/mol. The van der Waals surface area contributed by atoms with E-state index in [4.69, 9.17) is 0 Å². The van der Waals surface area contributed by atoms with Crippen molar-refractivity contribution in [2.24, 2.45) is 0 Å². The molecule has 0 aliphatic heterocycles. The Morgan fingerprint density at radius 3 is 2.43 bits per heavy atom. The minimum Gasteiger partial charge on any atom is -0.358 e. The van der Waals surface area contributed by atoms with E-state index < -0.39 is 0 Å². The highest BCUT2D eigenvalue weighted by Gasteiger charge is 2.21. The van der Waals surface area contributed by atoms with Gasteiger partial charge in [0.15, 0.2) is 0 Å². The largest absolute Gasteiger partial charge is 0.358 e. The number of likely N-dealkylation sites (N-methyl/N-ethyl adjacent to an activating group) is 1. The number of hydrogen-bond acceptors (Lipinski definition) is 1. The van der Waals surface area contributed by atoms with Gasteiger partial charge in [0.05, 0.1) is 5.92 Å². The molecule has 3 nitrogen and oxygen atoms in total. The van der Waals surface area contributed by atoms with Crippen LogP contribution in [0.2, 0.25) is 0 Å². The number of aromatic nitrogens is 1. The molecule has 0 aliphatic rings. The summed E-state index contributed by atoms with van der Waals surface area (Å²) in [7, 11) is 1.82. The molecule has 0 aliphatic carbocycles. The van der Waals surface area contributed by atoms with Crippen LogP contribution in [-0.2, 0) is 4.79 Å². The van der Waals surface area contributed by atoms with Crippen LogP contribution in [-0.4, -0.2) is 17.9 Å². The predicted octanol–water partition coefficient (Wildman–Crippen LogP) is 3.93. The van der Waals surface area contributed by atoms with Crippen LogP contribution in [0.5, 0.6) is 0 Å². The molecule has 0 radical (unpaired) electrons. The minimum absolute atomic E-state index is 0.0766. The fourth-order valence-corrected chi connectivity index (χ4v) is 2.53. The van der Waals surface area contributed by atoms with Gasteiger partial charge in [0, 0.05) is 23.9 Å². The predicted molar refractivity (Wildman–Crippen MR) is 86.6 cm³/mol. The maximum absolute atomic E-state index is 12.6. The molecule has 1 aromatic heterocycles. The van der Waals surface area contributed by atoms with Crippen LogP contribution in [0.25, 0.3) is 10.9 Å². The van der Waals surface area contributed by atoms with Crippen molar-refractivity contribution in [3.63, 3.8) is 0 Å². The van der Waals surface area contributed by atoms with Crippen molar-refractivity contribution >= 4 is 22.5 Å². The summed E-state index contributed by atoms with van der Waals surface area (Å²) >= 11 is 0. The van der Waals surface area contributed by atoms with Gasteiger partial charge in [-0.25, -0.2) is 0 Å². The van der Waals surface area contributed by atoms with Crippen LogP contribution in [0.3, 0.4) is 0 Å². The van der Waals surface area contributed by atoms with E-state index in [0.29, 0.717) is 0 Å². The van der Waals surface area contributed by atoms with E-state index >= 15 is 0 Å². The Hall–Kier alpha value is -2.55. The van der Waals surface area contributed by atoms with Crippen LogP contribution in [0.15, 0.2) is 60.7 Å². The van der Waals surface area contributed by atoms with Crippen LogP contribution >= 0.6 is 0 Å². The highest BCUT2D eigenvalue weighted by atomic mass is 16.2. The molecule has 1 N–H and O–H groups in total. The molecule has 1 unspecified atom stereocenters. The van der Waals surface area contributed by atoms with E-state index in [0.717, 1.165) is 22.3 Å². The average Bonchev–Trinajstić information content (AvgIpc) is 2.97. The van der Waals surface area contributed by atoms with Gasteiger partial charge >= 0.3 is 0 Å². The molecule has 2 aromatic carbocycles. The molecule has 0 bridgehead atoms. The molecule has 21 heavy (non-hydrogen) atoms. The van der Waals surface area contributed by atoms with Gasteiger partial charge < -0.3 is 9.88 Å². The Bertz CT molecular complexity index is 728. The van der Waals surface area contributed by atoms with Crippen molar-refractivity contribution in [1.29, 1.82) is 0 Å². The summed E-state index contributed by atoms with van der Waals surface area (Å²) in [6, 6.07) is 19.8. The van der Waals surface area contributed by atoms with Gasteiger partial charge in [-0.05, 0) is 36.6 Å². The summed E-state index contributed by atoms with van der Waals surface area (Å²) < 4.78 is 0. The van der Waals surface area contributed by atoms with E-state index in [2.05, 4.69) is 11.1 Å². The quantitative estimate of drug-likeness (QED) is 0.774. The fraction of sp³-hybridized carbons (Fsp3) is 0.167. The van der Waals surface area contributed by atoms with Gasteiger partial charge in [-0.15, -0.1) is 0 Å². The van der Waals surface area contributed by atoms with E-state index in [1.165, 1.54) is 0 Å². The lowest BCUT2D eigenvalue weighted by Crippen LogP contribution is -2.30. The van der Waals surface area contributed by atoms with Gasteiger partial charge in [0.1, 0.15) is 0 Å². The number of amides is 1. The Kier molecular flexibility index (Phi) is 3.48. The Balaban J connectivity index is 1.87. The lowest BCUT2D eigenvalue weighted by molar-refractivity contribution is -0.119. The third-order valence-corrected chi connectivity index (χ3v) is 3.86. The van der Waals surface area contributed by atoms with Gasteiger partial charge in [-0.3, -0.25) is 4.79 Å². The van der Waals surface area contributed by atoms with Crippen molar-refractivity contribution in [3.05, 3.63) is 66.4 Å². The normalized spacial score (nSPS) is 12.3. The Morgan fingerprint density at radius 2 is 1.71 bits per heavy atom. The molecule has 0 spiro atoms. The number of nitrogens with one attached hydrogen (secondary N) is 1. The second-order valence-corrected chi connectivity index (χ2v) is 5.27. The van der Waals surface area contributed by atoms with Gasteiger partial charge in [0.25, 0.3) is 0 Å². The number of anilines is 1. The van der Waals surface area contributed by atoms with Gasteiger partial charge in [0.2, 0.25) is 5.91 Å². The number of para-hydroxylation sites is 2. The number of fused-ring (bicyclic) bond motifs is 1. The molecule has 0 saturated heterocycles. The third kappa shape index (κ3) is 2.55. The summed E-state index contributed by atoms with van der Waals surface area (Å²) in [4.78, 5) is 17.7. The number of nitrogens with zero attached hydrogens (tertiary/aromatic N) is 1. The van der Waals surface area contributed by atoms with E-state index in [-0.39, 0.29) is 11.8 Å². The SMILES string of the molecule is CC(C(=O)N(C)c1ccccc1)c1cc2ccccc2[nH]1. The van der Waals surface area contributed by atoms with Crippen LogP contribution in [0.1, 0.15) is 18.5 Å². The molecule has 3 rings (SSSR count). The van der Waals surface area contributed by atoms with Crippen molar-refractivity contribution in [2.45, 2.75) is 12.8 Å². The summed E-state index contributed by atoms with van der Waals surface area (Å²) in [5.74, 6) is -0.129. The van der Waals surface area contributed by atoms with Crippen molar-refractivity contribution in [2.75, 3.05) is 11.9 Å². The van der Waals surface area contributed by atoms with Gasteiger partial charge in [-0.1, -0.05) is 36.4 Å². The molecule has 3 aromatic rings. The summed E-state index contributed by atoms with van der Waals surface area (Å²) in [5.41, 5.74) is 2.92. The first-order chi connectivity index (χ1) is 10.2. The number of carbonyl (C=O) groups is 1. The zero-order chi connectivity index (χ0) is 14.8. The molecule has 0 fully saturated rings. The number of benzene rings is 2. The number of aromatic amines is 1. The zero-order valence-electron chi connectivity index (χ0n) is 12.2. The van der Waals surface area contributed by atoms with Crippen molar-refractivity contribution in [3.8, 4) is 0 Å². The number of carbonyl (C=O) groups excluding carboxylic acids is 1. The topological polar surface area (TPSA) is 36.1 Å². The van der Waals surface area contributed by atoms with Gasteiger partial charge in [-0.2, -0.15) is 0 Å². The molecule has 0 saturated carbocycles. The maximum Gasteiger partial charge on any atom is 0.235 e. The highest BCUT2D eigenvalue weighted by Crippen LogP contribution is 2.24. The Morgan fingerprint density at radius 1 is 1.05 bits per heavy atom. The molecule has 3 heteroatoms. The second-order valence-electron chi connectivity index (χ2n) is 5.27. The standard InChI is InChI=1S/C18H18N2O/c1-13(17-12-14-8-6-7-11-16(14)19-17)18(21)20(2)15-9-4-3-5-10-15/h3-13,19H,1-2H3. The van der Waals surface area contributed by atoms with Crippen LogP contribution in [0.4, 0.5) is 5.69 Å². The molecular formula is C18H18N2O. The van der Waals surface area contributed by atoms with Crippen molar-refractivity contribution in [1.82, 2.24) is 4.98 Å². The van der Waals surface area contributed by atoms with Crippen LogP contribution in [0, 0.1) is 0 Å². The molecule has 1 heterocycles. The van der Waals surface area contributed by atoms with E-state index in [1.54, 1.807) is 4.90 Å². The molecule has 106 valence electrons. The first-order valence-corrected chi connectivity index (χ1v) is 7.07. The smallest absolute Gasteiger partial charge is 0.235 e. The second kappa shape index (κ2) is 5.44. The lowest BCUT2D eigenvalue weighted by Gasteiger charge is -2.21. The monoisotopic (exact) mass is 278 g/mol. The lowest BCUT2D eigenvalue weighted by atomic mass is 10.1. The fourth-order valence-electron chi connectivity index (χ4n) is 2.53. The van der Waals surface area contributed by atoms with E-state index in [1.807, 2.05) is 68.6 Å². The highest BCUT2D eigenvalue weighted by molar-refractivity contribution is 5.98. The first kappa shape index (κ1) is 13.4. The minimum atomic E-state index is -0.206. The number of hydrogen-bond donors (Lipinski definition) is 1. The molecule has 1 atom stereocenters. The van der Waals surface area contributed by atoms with E-state index in [9.17, 15) is 4.79 Å². The van der Waals surface area contributed by atoms with Crippen LogP contribution < -0.4 is 4.90 Å². The summed E-state index contributed by atoms with van der Waals surface area (Å²) in [6.45, 7) is 1.94. The summed E-state index contributed by atoms with van der Waals surface area (Å²) in [5, 5.41) is 1.13. The average molecular weight is 278 g/mol. The third-order valence-electron chi connectivity index (χ3n) is 3.86. The summed E-state index contributed by atoms with van der Waals surface area (Å²) in [6.07, 6.45) is 0. The Labute approximate surface area is 124 Å². The zero-order valence-corrected chi connectivity index (χ0v) is 12.2. The van der Waals surface area contributed by atoms with Crippen molar-refractivity contribution < 1.29 is 4.79 Å². The number of rotatable bonds is 3. The first-order valence-electron chi connectivity index (χ1n) is 7.07. The molecule has 1 amide bonds.